The van der Waals surface area contributed by atoms with Gasteiger partial charge >= 0.3 is 0 Å². The second-order valence-corrected chi connectivity index (χ2v) is 2.92. The normalized spacial score (nSPS) is 24.3. The number of nitriles is 1. The van der Waals surface area contributed by atoms with Crippen LogP contribution in [0.1, 0.15) is 5.56 Å². The average molecular weight is 172 g/mol. The number of anilines is 1. The van der Waals surface area contributed by atoms with Gasteiger partial charge in [-0.2, -0.15) is 5.26 Å². The summed E-state index contributed by atoms with van der Waals surface area (Å²) in [7, 11) is 0. The van der Waals surface area contributed by atoms with Gasteiger partial charge in [-0.3, -0.25) is 0 Å². The predicted molar refractivity (Wildman–Crippen MR) is 49.7 cm³/mol. The van der Waals surface area contributed by atoms with Crippen LogP contribution >= 0.6 is 0 Å². The Hall–Kier alpha value is -1.79. The second-order valence-electron chi connectivity index (χ2n) is 2.92. The van der Waals surface area contributed by atoms with Gasteiger partial charge in [-0.1, -0.05) is 24.3 Å². The Labute approximate surface area is 75.9 Å². The number of rotatable bonds is 0. The molecule has 64 valence electrons. The Morgan fingerprint density at radius 1 is 1.38 bits per heavy atom. The van der Waals surface area contributed by atoms with Crippen LogP contribution in [0.25, 0.3) is 6.08 Å². The molecule has 13 heavy (non-hydrogen) atoms. The van der Waals surface area contributed by atoms with Crippen molar-refractivity contribution in [3.8, 4) is 6.07 Å². The van der Waals surface area contributed by atoms with E-state index in [2.05, 4.69) is 5.32 Å². The number of nitrogens with one attached hydrogen (secondary N) is 1. The zero-order valence-corrected chi connectivity index (χ0v) is 6.86. The number of hydrogen-bond acceptors (Lipinski definition) is 3. The maximum Gasteiger partial charge on any atom is 0.246 e. The summed E-state index contributed by atoms with van der Waals surface area (Å²) < 4.78 is 0. The van der Waals surface area contributed by atoms with E-state index < -0.39 is 5.72 Å². The standard InChI is InChI=1S/C10H8N2O/c11-7-10(13)6-5-8-3-1-2-4-9(8)12-10/h1-6,12-13H. The van der Waals surface area contributed by atoms with Crippen molar-refractivity contribution in [1.82, 2.24) is 0 Å². The molecule has 1 unspecified atom stereocenters. The van der Waals surface area contributed by atoms with Crippen molar-refractivity contribution < 1.29 is 5.11 Å². The molecule has 1 atom stereocenters. The molecule has 2 N–H and O–H groups in total. The van der Waals surface area contributed by atoms with Crippen molar-refractivity contribution in [1.29, 1.82) is 5.26 Å². The Balaban J connectivity index is 2.46. The van der Waals surface area contributed by atoms with E-state index in [0.717, 1.165) is 11.3 Å². The molecule has 0 radical (unpaired) electrons. The lowest BCUT2D eigenvalue weighted by Crippen LogP contribution is -2.35. The summed E-state index contributed by atoms with van der Waals surface area (Å²) in [5.74, 6) is 0. The molecule has 0 saturated carbocycles. The Morgan fingerprint density at radius 2 is 2.15 bits per heavy atom. The smallest absolute Gasteiger partial charge is 0.246 e. The Kier molecular flexibility index (Phi) is 1.57. The minimum Gasteiger partial charge on any atom is -0.356 e. The summed E-state index contributed by atoms with van der Waals surface area (Å²) in [6.07, 6.45) is 3.17. The van der Waals surface area contributed by atoms with Gasteiger partial charge in [0.25, 0.3) is 0 Å². The average Bonchev–Trinajstić information content (AvgIpc) is 2.18. The van der Waals surface area contributed by atoms with Crippen LogP contribution in [0.15, 0.2) is 30.3 Å². The van der Waals surface area contributed by atoms with Crippen LogP contribution in [-0.2, 0) is 0 Å². The molecule has 0 fully saturated rings. The molecule has 3 heteroatoms. The third-order valence-corrected chi connectivity index (χ3v) is 1.96. The molecule has 0 aliphatic carbocycles. The van der Waals surface area contributed by atoms with Gasteiger partial charge in [0.2, 0.25) is 5.72 Å². The maximum atomic E-state index is 9.57. The Morgan fingerprint density at radius 3 is 2.92 bits per heavy atom. The number of fused-ring (bicyclic) bond motifs is 1. The molecule has 0 amide bonds. The van der Waals surface area contributed by atoms with Crippen molar-refractivity contribution in [2.45, 2.75) is 5.72 Å². The maximum absolute atomic E-state index is 9.57. The van der Waals surface area contributed by atoms with Gasteiger partial charge in [0, 0.05) is 5.69 Å². The van der Waals surface area contributed by atoms with E-state index in [9.17, 15) is 5.11 Å². The van der Waals surface area contributed by atoms with Crippen LogP contribution in [0.2, 0.25) is 0 Å². The molecule has 1 heterocycles. The first-order chi connectivity index (χ1) is 6.23. The van der Waals surface area contributed by atoms with E-state index in [1.54, 1.807) is 12.1 Å². The van der Waals surface area contributed by atoms with E-state index in [1.165, 1.54) is 6.08 Å². The van der Waals surface area contributed by atoms with Crippen molar-refractivity contribution >= 4 is 11.8 Å². The van der Waals surface area contributed by atoms with Gasteiger partial charge in [-0.15, -0.1) is 0 Å². The molecule has 0 spiro atoms. The Bertz CT molecular complexity index is 406. The first-order valence-electron chi connectivity index (χ1n) is 3.94. The molecule has 3 nitrogen and oxygen atoms in total. The van der Waals surface area contributed by atoms with Gasteiger partial charge in [-0.05, 0) is 17.7 Å². The molecule has 0 aromatic heterocycles. The molecular formula is C10H8N2O. The fourth-order valence-electron chi connectivity index (χ4n) is 1.28. The third-order valence-electron chi connectivity index (χ3n) is 1.96. The fourth-order valence-corrected chi connectivity index (χ4v) is 1.28. The van der Waals surface area contributed by atoms with Crippen LogP contribution < -0.4 is 5.32 Å². The van der Waals surface area contributed by atoms with Gasteiger partial charge in [0.1, 0.15) is 6.07 Å². The SMILES string of the molecule is N#CC1(O)C=Cc2ccccc2N1. The molecule has 1 aliphatic heterocycles. The summed E-state index contributed by atoms with van der Waals surface area (Å²) in [4.78, 5) is 0. The first-order valence-corrected chi connectivity index (χ1v) is 3.94. The van der Waals surface area contributed by atoms with Gasteiger partial charge in [-0.25, -0.2) is 0 Å². The van der Waals surface area contributed by atoms with E-state index >= 15 is 0 Å². The zero-order chi connectivity index (χ0) is 9.31. The summed E-state index contributed by atoms with van der Waals surface area (Å²) in [5, 5.41) is 21.0. The number of para-hydroxylation sites is 1. The van der Waals surface area contributed by atoms with Gasteiger partial charge in [0.15, 0.2) is 0 Å². The van der Waals surface area contributed by atoms with Crippen molar-refractivity contribution in [2.75, 3.05) is 5.32 Å². The molecular weight excluding hydrogens is 164 g/mol. The highest BCUT2D eigenvalue weighted by atomic mass is 16.3. The van der Waals surface area contributed by atoms with Gasteiger partial charge < -0.3 is 10.4 Å². The number of nitrogens with zero attached hydrogens (tertiary/aromatic N) is 1. The molecule has 1 aromatic carbocycles. The highest BCUT2D eigenvalue weighted by Gasteiger charge is 2.26. The van der Waals surface area contributed by atoms with Crippen molar-refractivity contribution in [3.05, 3.63) is 35.9 Å². The van der Waals surface area contributed by atoms with Crippen LogP contribution in [0.4, 0.5) is 5.69 Å². The van der Waals surface area contributed by atoms with E-state index in [1.807, 2.05) is 24.3 Å². The van der Waals surface area contributed by atoms with E-state index in [0.29, 0.717) is 0 Å². The minimum absolute atomic E-state index is 0.772. The number of aliphatic hydroxyl groups is 1. The summed E-state index contributed by atoms with van der Waals surface area (Å²) in [5.41, 5.74) is 0.186. The summed E-state index contributed by atoms with van der Waals surface area (Å²) in [6.45, 7) is 0. The summed E-state index contributed by atoms with van der Waals surface area (Å²) >= 11 is 0. The predicted octanol–water partition coefficient (Wildman–Crippen LogP) is 1.34. The first kappa shape index (κ1) is 7.84. The quantitative estimate of drug-likeness (QED) is 0.580. The lowest BCUT2D eigenvalue weighted by atomic mass is 10.0. The lowest BCUT2D eigenvalue weighted by molar-refractivity contribution is 0.181. The second kappa shape index (κ2) is 2.61. The molecule has 0 saturated heterocycles. The molecule has 1 aliphatic rings. The van der Waals surface area contributed by atoms with Crippen molar-refractivity contribution in [3.63, 3.8) is 0 Å². The van der Waals surface area contributed by atoms with E-state index in [-0.39, 0.29) is 0 Å². The van der Waals surface area contributed by atoms with Crippen LogP contribution in [0.5, 0.6) is 0 Å². The lowest BCUT2D eigenvalue weighted by Gasteiger charge is -2.24. The minimum atomic E-state index is -1.56. The largest absolute Gasteiger partial charge is 0.356 e. The van der Waals surface area contributed by atoms with Crippen molar-refractivity contribution in [2.24, 2.45) is 0 Å². The monoisotopic (exact) mass is 172 g/mol. The zero-order valence-electron chi connectivity index (χ0n) is 6.86. The van der Waals surface area contributed by atoms with E-state index in [4.69, 9.17) is 5.26 Å². The molecule has 1 aromatic rings. The number of hydrogen-bond donors (Lipinski definition) is 2. The highest BCUT2D eigenvalue weighted by Crippen LogP contribution is 2.25. The third kappa shape index (κ3) is 1.28. The highest BCUT2D eigenvalue weighted by molar-refractivity contribution is 5.72. The van der Waals surface area contributed by atoms with Crippen LogP contribution in [0, 0.1) is 11.3 Å². The topological polar surface area (TPSA) is 56.0 Å². The van der Waals surface area contributed by atoms with Gasteiger partial charge in [0.05, 0.1) is 0 Å². The van der Waals surface area contributed by atoms with Crippen LogP contribution in [-0.4, -0.2) is 10.8 Å². The number of benzene rings is 1. The fraction of sp³-hybridized carbons (Fsp3) is 0.100. The van der Waals surface area contributed by atoms with Crippen LogP contribution in [0.3, 0.4) is 0 Å². The molecule has 0 bridgehead atoms. The summed E-state index contributed by atoms with van der Waals surface area (Å²) in [6, 6.07) is 9.27. The molecule has 2 rings (SSSR count).